The minimum absolute atomic E-state index is 0.112. The number of nitrogens with one attached hydrogen (secondary N) is 3. The maximum absolute atomic E-state index is 12.6. The maximum Gasteiger partial charge on any atom is 0.407 e. The van der Waals surface area contributed by atoms with E-state index in [4.69, 9.17) is 15.2 Å². The van der Waals surface area contributed by atoms with Gasteiger partial charge in [0.25, 0.3) is 0 Å². The molecule has 0 radical (unpaired) electrons. The molecule has 0 aromatic rings. The molecule has 5 N–H and O–H groups in total. The van der Waals surface area contributed by atoms with Crippen LogP contribution in [-0.2, 0) is 23.9 Å². The molecule has 10 nitrogen and oxygen atoms in total. The molecule has 0 heterocycles. The predicted molar refractivity (Wildman–Crippen MR) is 126 cm³/mol. The van der Waals surface area contributed by atoms with Gasteiger partial charge >= 0.3 is 12.1 Å². The molecule has 10 heteroatoms. The Morgan fingerprint density at radius 1 is 0.788 bits per heavy atom. The van der Waals surface area contributed by atoms with Crippen molar-refractivity contribution in [1.82, 2.24) is 16.0 Å². The molecular weight excluding hydrogens is 428 g/mol. The second-order valence-corrected chi connectivity index (χ2v) is 10.1. The van der Waals surface area contributed by atoms with Gasteiger partial charge in [0.2, 0.25) is 11.8 Å². The number of esters is 1. The number of hydrogen-bond acceptors (Lipinski definition) is 7. The highest BCUT2D eigenvalue weighted by molar-refractivity contribution is 5.87. The molecule has 0 bridgehead atoms. The van der Waals surface area contributed by atoms with Crippen LogP contribution in [0.3, 0.4) is 0 Å². The molecule has 33 heavy (non-hydrogen) atoms. The van der Waals surface area contributed by atoms with Crippen molar-refractivity contribution < 1.29 is 28.7 Å². The average molecular weight is 473 g/mol. The second-order valence-electron chi connectivity index (χ2n) is 10.1. The van der Waals surface area contributed by atoms with Crippen molar-refractivity contribution in [1.29, 1.82) is 0 Å². The summed E-state index contributed by atoms with van der Waals surface area (Å²) in [7, 11) is 0. The van der Waals surface area contributed by atoms with E-state index in [9.17, 15) is 19.2 Å². The summed E-state index contributed by atoms with van der Waals surface area (Å²) in [5, 5.41) is 8.07. The molecule has 0 fully saturated rings. The molecule has 3 amide bonds. The third-order valence-corrected chi connectivity index (χ3v) is 4.25. The largest absolute Gasteiger partial charge is 0.458 e. The Morgan fingerprint density at radius 2 is 1.30 bits per heavy atom. The van der Waals surface area contributed by atoms with Gasteiger partial charge in [0.1, 0.15) is 17.2 Å². The van der Waals surface area contributed by atoms with Crippen molar-refractivity contribution in [3.05, 3.63) is 0 Å². The number of ether oxygens (including phenoxy) is 2. The van der Waals surface area contributed by atoms with Gasteiger partial charge in [-0.2, -0.15) is 0 Å². The molecule has 2 atom stereocenters. The van der Waals surface area contributed by atoms with Crippen LogP contribution in [0.1, 0.15) is 87.0 Å². The normalized spacial score (nSPS) is 13.5. The van der Waals surface area contributed by atoms with E-state index in [1.807, 2.05) is 0 Å². The van der Waals surface area contributed by atoms with E-state index >= 15 is 0 Å². The van der Waals surface area contributed by atoms with Crippen molar-refractivity contribution in [3.8, 4) is 0 Å². The van der Waals surface area contributed by atoms with Crippen molar-refractivity contribution >= 4 is 23.9 Å². The van der Waals surface area contributed by atoms with E-state index in [-0.39, 0.29) is 5.91 Å². The Labute approximate surface area is 198 Å². The fourth-order valence-electron chi connectivity index (χ4n) is 2.76. The van der Waals surface area contributed by atoms with Crippen molar-refractivity contribution in [2.75, 3.05) is 13.1 Å². The monoisotopic (exact) mass is 472 g/mol. The average Bonchev–Trinajstić information content (AvgIpc) is 2.63. The summed E-state index contributed by atoms with van der Waals surface area (Å²) in [4.78, 5) is 47.7. The zero-order valence-corrected chi connectivity index (χ0v) is 21.3. The first-order chi connectivity index (χ1) is 15.1. The lowest BCUT2D eigenvalue weighted by Crippen LogP contribution is -2.50. The Balaban J connectivity index is 4.52. The van der Waals surface area contributed by atoms with Gasteiger partial charge in [-0.1, -0.05) is 0 Å². The second kappa shape index (κ2) is 14.7. The zero-order valence-electron chi connectivity index (χ0n) is 21.3. The van der Waals surface area contributed by atoms with Gasteiger partial charge < -0.3 is 31.2 Å². The predicted octanol–water partition coefficient (Wildman–Crippen LogP) is 2.14. The first kappa shape index (κ1) is 30.6. The highest BCUT2D eigenvalue weighted by atomic mass is 16.6. The standard InChI is InChI=1S/C23H44N4O6/c1-16(28)25-14-11-9-13-18(20(30)32-22(2,3)4)27-19(29)17(24)12-8-10-15-26-21(31)33-23(5,6)7/h17-18H,8-15,24H2,1-7H3,(H,25,28)(H,26,31)(H,27,29)/t17-,18-/m0/s1. The van der Waals surface area contributed by atoms with Crippen LogP contribution < -0.4 is 21.7 Å². The summed E-state index contributed by atoms with van der Waals surface area (Å²) in [6.07, 6.45) is 2.86. The number of carbonyl (C=O) groups excluding carboxylic acids is 4. The van der Waals surface area contributed by atoms with Crippen molar-refractivity contribution in [3.63, 3.8) is 0 Å². The summed E-state index contributed by atoms with van der Waals surface area (Å²) in [6, 6.07) is -1.59. The van der Waals surface area contributed by atoms with Crippen LogP contribution in [0.5, 0.6) is 0 Å². The highest BCUT2D eigenvalue weighted by Gasteiger charge is 2.28. The van der Waals surface area contributed by atoms with Crippen molar-refractivity contribution in [2.45, 2.75) is 110 Å². The van der Waals surface area contributed by atoms with Crippen LogP contribution >= 0.6 is 0 Å². The smallest absolute Gasteiger partial charge is 0.407 e. The van der Waals surface area contributed by atoms with Gasteiger partial charge in [-0.15, -0.1) is 0 Å². The first-order valence-electron chi connectivity index (χ1n) is 11.6. The molecule has 0 spiro atoms. The van der Waals surface area contributed by atoms with Crippen LogP contribution in [0.25, 0.3) is 0 Å². The van der Waals surface area contributed by atoms with E-state index in [0.717, 1.165) is 0 Å². The molecule has 192 valence electrons. The quantitative estimate of drug-likeness (QED) is 0.237. The molecule has 0 saturated heterocycles. The molecule has 0 rings (SSSR count). The van der Waals surface area contributed by atoms with E-state index < -0.39 is 41.3 Å². The first-order valence-corrected chi connectivity index (χ1v) is 11.6. The van der Waals surface area contributed by atoms with Gasteiger partial charge in [-0.25, -0.2) is 9.59 Å². The summed E-state index contributed by atoms with van der Waals surface area (Å²) in [5.74, 6) is -1.05. The minimum atomic E-state index is -0.811. The number of nitrogens with two attached hydrogens (primary N) is 1. The number of unbranched alkanes of at least 4 members (excludes halogenated alkanes) is 2. The van der Waals surface area contributed by atoms with Gasteiger partial charge in [0.15, 0.2) is 0 Å². The van der Waals surface area contributed by atoms with Gasteiger partial charge in [0, 0.05) is 20.0 Å². The number of amides is 3. The molecular formula is C23H44N4O6. The molecule has 0 aliphatic rings. The van der Waals surface area contributed by atoms with Crippen LogP contribution in [0.4, 0.5) is 4.79 Å². The van der Waals surface area contributed by atoms with Gasteiger partial charge in [0.05, 0.1) is 6.04 Å². The Morgan fingerprint density at radius 3 is 1.82 bits per heavy atom. The number of rotatable bonds is 13. The van der Waals surface area contributed by atoms with Crippen LogP contribution in [0, 0.1) is 0 Å². The van der Waals surface area contributed by atoms with E-state index in [2.05, 4.69) is 16.0 Å². The zero-order chi connectivity index (χ0) is 25.7. The number of alkyl carbamates (subject to hydrolysis) is 1. The topological polar surface area (TPSA) is 149 Å². The summed E-state index contributed by atoms with van der Waals surface area (Å²) in [5.41, 5.74) is 4.77. The summed E-state index contributed by atoms with van der Waals surface area (Å²) >= 11 is 0. The van der Waals surface area contributed by atoms with Gasteiger partial charge in [-0.3, -0.25) is 9.59 Å². The Bertz CT molecular complexity index is 640. The summed E-state index contributed by atoms with van der Waals surface area (Å²) < 4.78 is 10.6. The highest BCUT2D eigenvalue weighted by Crippen LogP contribution is 2.12. The lowest BCUT2D eigenvalue weighted by atomic mass is 10.1. The maximum atomic E-state index is 12.6. The molecule has 0 aliphatic carbocycles. The van der Waals surface area contributed by atoms with Crippen LogP contribution in [0.15, 0.2) is 0 Å². The lowest BCUT2D eigenvalue weighted by Gasteiger charge is -2.25. The number of carbonyl (C=O) groups is 4. The fourth-order valence-corrected chi connectivity index (χ4v) is 2.76. The molecule has 0 saturated carbocycles. The number of hydrogen-bond donors (Lipinski definition) is 4. The SMILES string of the molecule is CC(=O)NCCCC[C@H](NC(=O)[C@@H](N)CCCCNC(=O)OC(C)(C)C)C(=O)OC(C)(C)C. The van der Waals surface area contributed by atoms with Crippen LogP contribution in [0.2, 0.25) is 0 Å². The van der Waals surface area contributed by atoms with Gasteiger partial charge in [-0.05, 0) is 80.1 Å². The fraction of sp³-hybridized carbons (Fsp3) is 0.826. The van der Waals surface area contributed by atoms with Crippen molar-refractivity contribution in [2.24, 2.45) is 5.73 Å². The van der Waals surface area contributed by atoms with E-state index in [1.54, 1.807) is 41.5 Å². The molecule has 0 aromatic carbocycles. The molecule has 0 aliphatic heterocycles. The van der Waals surface area contributed by atoms with Crippen LogP contribution in [-0.4, -0.2) is 60.3 Å². The third-order valence-electron chi connectivity index (χ3n) is 4.25. The Kier molecular flexibility index (Phi) is 13.7. The molecule has 0 unspecified atom stereocenters. The van der Waals surface area contributed by atoms with E-state index in [1.165, 1.54) is 6.92 Å². The lowest BCUT2D eigenvalue weighted by molar-refractivity contribution is -0.159. The van der Waals surface area contributed by atoms with E-state index in [0.29, 0.717) is 51.6 Å². The molecule has 0 aromatic heterocycles. The minimum Gasteiger partial charge on any atom is -0.458 e. The summed E-state index contributed by atoms with van der Waals surface area (Å²) in [6.45, 7) is 13.0. The Hall–Kier alpha value is -2.36. The third kappa shape index (κ3) is 17.8.